The maximum atomic E-state index is 12.9. The molecule has 2 aliphatic heterocycles. The molecule has 27 heavy (non-hydrogen) atoms. The van der Waals surface area contributed by atoms with Crippen LogP contribution in [0.15, 0.2) is 39.8 Å². The van der Waals surface area contributed by atoms with Gasteiger partial charge in [0.2, 0.25) is 0 Å². The lowest BCUT2D eigenvalue weighted by Gasteiger charge is -2.33. The summed E-state index contributed by atoms with van der Waals surface area (Å²) < 4.78 is 0. The number of aliphatic imine (C=N–C) groups is 1. The SMILES string of the molecule is CC1=CC(=O)C(C(C)C)C(CC2=NCCC3=c4ccc(C)cc4=NC23)C1=O. The van der Waals surface area contributed by atoms with Gasteiger partial charge in [-0.15, -0.1) is 0 Å². The molecule has 140 valence electrons. The molecule has 1 aliphatic carbocycles. The minimum absolute atomic E-state index is 0.0579. The van der Waals surface area contributed by atoms with Crippen LogP contribution in [0.2, 0.25) is 0 Å². The molecule has 4 nitrogen and oxygen atoms in total. The highest BCUT2D eigenvalue weighted by Gasteiger charge is 2.41. The number of benzene rings is 1. The molecule has 0 aromatic heterocycles. The van der Waals surface area contributed by atoms with E-state index in [1.54, 1.807) is 6.92 Å². The van der Waals surface area contributed by atoms with Gasteiger partial charge in [0, 0.05) is 29.3 Å². The number of hydrogen-bond donors (Lipinski definition) is 0. The van der Waals surface area contributed by atoms with E-state index in [4.69, 9.17) is 9.98 Å². The van der Waals surface area contributed by atoms with Crippen LogP contribution in [0.1, 0.15) is 39.2 Å². The van der Waals surface area contributed by atoms with Crippen molar-refractivity contribution in [1.29, 1.82) is 0 Å². The maximum absolute atomic E-state index is 12.9. The number of fused-ring (bicyclic) bond motifs is 2. The van der Waals surface area contributed by atoms with Crippen LogP contribution in [0.4, 0.5) is 0 Å². The number of ketones is 2. The van der Waals surface area contributed by atoms with Gasteiger partial charge in [-0.1, -0.05) is 26.0 Å². The molecule has 3 unspecified atom stereocenters. The molecule has 0 bridgehead atoms. The van der Waals surface area contributed by atoms with Crippen LogP contribution in [0.3, 0.4) is 0 Å². The second-order valence-electron chi connectivity index (χ2n) is 8.37. The van der Waals surface area contributed by atoms with Gasteiger partial charge in [0.25, 0.3) is 0 Å². The summed E-state index contributed by atoms with van der Waals surface area (Å²) in [4.78, 5) is 35.2. The molecule has 0 saturated carbocycles. The average molecular weight is 362 g/mol. The molecule has 0 saturated heterocycles. The molecule has 0 fully saturated rings. The quantitative estimate of drug-likeness (QED) is 0.829. The summed E-state index contributed by atoms with van der Waals surface area (Å²) in [6.07, 6.45) is 2.98. The first kappa shape index (κ1) is 18.0. The number of carbonyl (C=O) groups is 2. The molecular weight excluding hydrogens is 336 g/mol. The Kier molecular flexibility index (Phi) is 4.45. The summed E-state index contributed by atoms with van der Waals surface area (Å²) >= 11 is 0. The van der Waals surface area contributed by atoms with Crippen molar-refractivity contribution >= 4 is 22.9 Å². The fourth-order valence-corrected chi connectivity index (χ4v) is 4.79. The van der Waals surface area contributed by atoms with E-state index in [9.17, 15) is 9.59 Å². The normalized spacial score (nSPS) is 27.1. The lowest BCUT2D eigenvalue weighted by Crippen LogP contribution is -2.40. The molecule has 3 atom stereocenters. The lowest BCUT2D eigenvalue weighted by molar-refractivity contribution is -0.131. The van der Waals surface area contributed by atoms with E-state index in [-0.39, 0.29) is 35.4 Å². The first-order chi connectivity index (χ1) is 12.9. The molecule has 4 heteroatoms. The summed E-state index contributed by atoms with van der Waals surface area (Å²) in [6, 6.07) is 6.35. The Balaban J connectivity index is 1.70. The third kappa shape index (κ3) is 3.01. The number of rotatable bonds is 3. The Hall–Kier alpha value is -2.36. The van der Waals surface area contributed by atoms with E-state index < -0.39 is 0 Å². The van der Waals surface area contributed by atoms with Crippen molar-refractivity contribution in [3.63, 3.8) is 0 Å². The van der Waals surface area contributed by atoms with Gasteiger partial charge in [-0.3, -0.25) is 19.6 Å². The van der Waals surface area contributed by atoms with Gasteiger partial charge in [0.15, 0.2) is 11.6 Å². The third-order valence-corrected chi connectivity index (χ3v) is 6.10. The van der Waals surface area contributed by atoms with Gasteiger partial charge in [-0.05, 0) is 61.5 Å². The minimum atomic E-state index is -0.318. The van der Waals surface area contributed by atoms with Crippen LogP contribution in [0, 0.1) is 24.7 Å². The van der Waals surface area contributed by atoms with Gasteiger partial charge in [0.05, 0.1) is 5.36 Å². The first-order valence-corrected chi connectivity index (χ1v) is 9.84. The van der Waals surface area contributed by atoms with E-state index in [1.165, 1.54) is 22.4 Å². The van der Waals surface area contributed by atoms with Crippen LogP contribution in [0.5, 0.6) is 0 Å². The fourth-order valence-electron chi connectivity index (χ4n) is 4.79. The second-order valence-corrected chi connectivity index (χ2v) is 8.37. The van der Waals surface area contributed by atoms with Gasteiger partial charge < -0.3 is 0 Å². The maximum Gasteiger partial charge on any atom is 0.162 e. The van der Waals surface area contributed by atoms with Crippen LogP contribution in [-0.4, -0.2) is 29.9 Å². The monoisotopic (exact) mass is 362 g/mol. The Morgan fingerprint density at radius 1 is 1.19 bits per heavy atom. The number of carbonyl (C=O) groups excluding carboxylic acids is 2. The standard InChI is InChI=1S/C23H26N2O2/c1-12(2)21-17(23(27)14(4)10-20(21)26)11-19-22-16(7-8-24-19)15-6-5-13(3)9-18(15)25-22/h5-6,9-10,12,17,21-22H,7-8,11H2,1-4H3. The predicted molar refractivity (Wildman–Crippen MR) is 106 cm³/mol. The summed E-state index contributed by atoms with van der Waals surface area (Å²) in [5.41, 5.74) is 4.06. The third-order valence-electron chi connectivity index (χ3n) is 6.10. The summed E-state index contributed by atoms with van der Waals surface area (Å²) in [5.74, 6) is -0.283. The van der Waals surface area contributed by atoms with Crippen LogP contribution in [-0.2, 0) is 9.59 Å². The highest BCUT2D eigenvalue weighted by Crippen LogP contribution is 2.35. The van der Waals surface area contributed by atoms with Crippen molar-refractivity contribution in [3.05, 3.63) is 46.0 Å². The molecule has 0 N–H and O–H groups in total. The van der Waals surface area contributed by atoms with E-state index in [0.29, 0.717) is 12.0 Å². The lowest BCUT2D eigenvalue weighted by atomic mass is 9.70. The van der Waals surface area contributed by atoms with Crippen LogP contribution < -0.4 is 10.6 Å². The molecule has 0 amide bonds. The molecule has 2 heterocycles. The van der Waals surface area contributed by atoms with E-state index in [0.717, 1.165) is 24.0 Å². The predicted octanol–water partition coefficient (Wildman–Crippen LogP) is 2.37. The highest BCUT2D eigenvalue weighted by molar-refractivity contribution is 6.12. The largest absolute Gasteiger partial charge is 0.294 e. The summed E-state index contributed by atoms with van der Waals surface area (Å²) in [6.45, 7) is 8.61. The number of allylic oxidation sites excluding steroid dienone is 2. The minimum Gasteiger partial charge on any atom is -0.294 e. The van der Waals surface area contributed by atoms with Crippen LogP contribution in [0.25, 0.3) is 5.57 Å². The fraction of sp³-hybridized carbons (Fsp3) is 0.478. The van der Waals surface area contributed by atoms with E-state index in [1.807, 2.05) is 13.8 Å². The van der Waals surface area contributed by atoms with E-state index >= 15 is 0 Å². The summed E-state index contributed by atoms with van der Waals surface area (Å²) in [5, 5.41) is 2.26. The molecule has 1 aromatic rings. The number of Topliss-reactive ketones (excluding diaryl/α,β-unsaturated/α-hetero) is 1. The second kappa shape index (κ2) is 6.66. The Labute approximate surface area is 159 Å². The van der Waals surface area contributed by atoms with Gasteiger partial charge in [-0.2, -0.15) is 0 Å². The number of nitrogens with zero attached hydrogens (tertiary/aromatic N) is 2. The molecule has 4 rings (SSSR count). The highest BCUT2D eigenvalue weighted by atomic mass is 16.1. The Morgan fingerprint density at radius 2 is 1.96 bits per heavy atom. The van der Waals surface area contributed by atoms with Gasteiger partial charge in [-0.25, -0.2) is 0 Å². The average Bonchev–Trinajstić information content (AvgIpc) is 2.97. The summed E-state index contributed by atoms with van der Waals surface area (Å²) in [7, 11) is 0. The number of aryl methyl sites for hydroxylation is 1. The van der Waals surface area contributed by atoms with Crippen molar-refractivity contribution in [2.24, 2.45) is 27.7 Å². The van der Waals surface area contributed by atoms with E-state index in [2.05, 4.69) is 25.1 Å². The molecule has 1 aromatic carbocycles. The zero-order valence-electron chi connectivity index (χ0n) is 16.5. The molecule has 0 radical (unpaired) electrons. The van der Waals surface area contributed by atoms with Crippen molar-refractivity contribution < 1.29 is 9.59 Å². The zero-order chi connectivity index (χ0) is 19.3. The van der Waals surface area contributed by atoms with Crippen molar-refractivity contribution in [1.82, 2.24) is 0 Å². The molecular formula is C23H26N2O2. The Bertz CT molecular complexity index is 1010. The molecule has 0 spiro atoms. The van der Waals surface area contributed by atoms with Crippen molar-refractivity contribution in [2.75, 3.05) is 6.54 Å². The Morgan fingerprint density at radius 3 is 2.70 bits per heavy atom. The topological polar surface area (TPSA) is 58.9 Å². The molecule has 3 aliphatic rings. The smallest absolute Gasteiger partial charge is 0.162 e. The van der Waals surface area contributed by atoms with Gasteiger partial charge in [0.1, 0.15) is 6.04 Å². The van der Waals surface area contributed by atoms with Crippen molar-refractivity contribution in [2.45, 2.75) is 46.6 Å². The zero-order valence-corrected chi connectivity index (χ0v) is 16.5. The van der Waals surface area contributed by atoms with Gasteiger partial charge >= 0.3 is 0 Å². The van der Waals surface area contributed by atoms with Crippen LogP contribution >= 0.6 is 0 Å². The first-order valence-electron chi connectivity index (χ1n) is 9.84. The number of hydrogen-bond acceptors (Lipinski definition) is 4. The van der Waals surface area contributed by atoms with Crippen molar-refractivity contribution in [3.8, 4) is 0 Å².